The second-order valence-corrected chi connectivity index (χ2v) is 7.50. The van der Waals surface area contributed by atoms with Gasteiger partial charge in [0.05, 0.1) is 19.1 Å². The normalized spacial score (nSPS) is 25.6. The Bertz CT molecular complexity index is 440. The summed E-state index contributed by atoms with van der Waals surface area (Å²) in [5, 5.41) is 13.2. The molecule has 1 heterocycles. The van der Waals surface area contributed by atoms with Gasteiger partial charge >= 0.3 is 0 Å². The lowest BCUT2D eigenvalue weighted by Crippen LogP contribution is -2.57. The molecule has 0 amide bonds. The Morgan fingerprint density at radius 3 is 2.24 bits per heavy atom. The van der Waals surface area contributed by atoms with Crippen molar-refractivity contribution in [3.05, 3.63) is 41.1 Å². The van der Waals surface area contributed by atoms with Crippen LogP contribution < -0.4 is 0 Å². The molecule has 2 aliphatic rings. The van der Waals surface area contributed by atoms with Crippen molar-refractivity contribution in [2.24, 2.45) is 5.41 Å². The highest BCUT2D eigenvalue weighted by Crippen LogP contribution is 2.46. The summed E-state index contributed by atoms with van der Waals surface area (Å²) in [7, 11) is 0. The lowest BCUT2D eigenvalue weighted by Gasteiger charge is -2.55. The summed E-state index contributed by atoms with van der Waals surface area (Å²) in [6.07, 6.45) is 10.2. The number of hydrogen-bond acceptors (Lipinski definition) is 1. The van der Waals surface area contributed by atoms with Gasteiger partial charge in [0.2, 0.25) is 0 Å². The van der Waals surface area contributed by atoms with E-state index < -0.39 is 0 Å². The average Bonchev–Trinajstić information content (AvgIpc) is 2.53. The van der Waals surface area contributed by atoms with E-state index in [4.69, 9.17) is 0 Å². The molecule has 2 fully saturated rings. The minimum absolute atomic E-state index is 0.0383. The van der Waals surface area contributed by atoms with Crippen LogP contribution in [0.3, 0.4) is 0 Å². The van der Waals surface area contributed by atoms with E-state index in [1.165, 1.54) is 37.7 Å². The van der Waals surface area contributed by atoms with Gasteiger partial charge in [-0.2, -0.15) is 0 Å². The van der Waals surface area contributed by atoms with Gasteiger partial charge in [-0.05, 0) is 30.7 Å². The first-order valence-electron chi connectivity index (χ1n) is 8.74. The first kappa shape index (κ1) is 15.1. The molecule has 3 rings (SSSR count). The van der Waals surface area contributed by atoms with Gasteiger partial charge in [0.25, 0.3) is 0 Å². The van der Waals surface area contributed by atoms with Crippen LogP contribution in [0.2, 0.25) is 0 Å². The Kier molecular flexibility index (Phi) is 4.37. The van der Waals surface area contributed by atoms with Crippen molar-refractivity contribution >= 4 is 0 Å². The average molecular weight is 287 g/mol. The predicted molar refractivity (Wildman–Crippen MR) is 87.7 cm³/mol. The molecule has 2 heteroatoms. The number of piperidine rings is 1. The van der Waals surface area contributed by atoms with Gasteiger partial charge in [0.1, 0.15) is 0 Å². The fourth-order valence-corrected chi connectivity index (χ4v) is 4.45. The van der Waals surface area contributed by atoms with Crippen molar-refractivity contribution in [3.8, 4) is 0 Å². The highest BCUT2D eigenvalue weighted by atomic mass is 16.5. The summed E-state index contributed by atoms with van der Waals surface area (Å²) in [6.45, 7) is 3.83. The van der Waals surface area contributed by atoms with E-state index in [1.807, 2.05) is 6.07 Å². The van der Waals surface area contributed by atoms with Gasteiger partial charge in [-0.15, -0.1) is 0 Å². The number of hydroxylamine groups is 3. The summed E-state index contributed by atoms with van der Waals surface area (Å²) in [6, 6.07) is 10.7. The largest absolute Gasteiger partial charge is 0.633 e. The Balaban J connectivity index is 1.60. The van der Waals surface area contributed by atoms with Crippen LogP contribution >= 0.6 is 0 Å². The van der Waals surface area contributed by atoms with E-state index in [1.54, 1.807) is 0 Å². The van der Waals surface area contributed by atoms with Gasteiger partial charge in [0.15, 0.2) is 0 Å². The molecular weight excluding hydrogens is 258 g/mol. The van der Waals surface area contributed by atoms with Crippen molar-refractivity contribution in [1.82, 2.24) is 0 Å². The quantitative estimate of drug-likeness (QED) is 0.585. The summed E-state index contributed by atoms with van der Waals surface area (Å²) in [5.41, 5.74) is 1.84. The molecule has 1 spiro atoms. The van der Waals surface area contributed by atoms with Crippen molar-refractivity contribution < 1.29 is 4.65 Å². The van der Waals surface area contributed by atoms with Crippen LogP contribution in [0.15, 0.2) is 30.3 Å². The molecule has 1 aromatic carbocycles. The van der Waals surface area contributed by atoms with Gasteiger partial charge in [0, 0.05) is 19.3 Å². The second kappa shape index (κ2) is 6.10. The van der Waals surface area contributed by atoms with Crippen molar-refractivity contribution in [2.75, 3.05) is 13.1 Å². The molecule has 21 heavy (non-hydrogen) atoms. The lowest BCUT2D eigenvalue weighted by molar-refractivity contribution is -0.910. The molecule has 0 radical (unpaired) electrons. The first-order valence-corrected chi connectivity index (χ1v) is 8.74. The third kappa shape index (κ3) is 3.32. The van der Waals surface area contributed by atoms with Crippen LogP contribution in [0, 0.1) is 10.6 Å². The van der Waals surface area contributed by atoms with Crippen LogP contribution in [0.4, 0.5) is 0 Å². The first-order chi connectivity index (χ1) is 10.1. The molecule has 116 valence electrons. The third-order valence-electron chi connectivity index (χ3n) is 6.13. The maximum absolute atomic E-state index is 13.2. The molecule has 1 saturated carbocycles. The summed E-state index contributed by atoms with van der Waals surface area (Å²) >= 11 is 0. The maximum atomic E-state index is 13.2. The van der Waals surface area contributed by atoms with Crippen LogP contribution in [-0.2, 0) is 6.42 Å². The summed E-state index contributed by atoms with van der Waals surface area (Å²) in [5.74, 6) is 0. The van der Waals surface area contributed by atoms with Crippen LogP contribution in [0.1, 0.15) is 57.4 Å². The standard InChI is InChI=1S/C19H29NO/c1-17(16-18-8-4-2-5-9-18)20(21)14-12-19(13-15-20)10-6-3-7-11-19/h2,4-5,8-9,17H,3,6-7,10-16H2,1H3/t17-/m0/s1. The van der Waals surface area contributed by atoms with Gasteiger partial charge in [-0.3, -0.25) is 0 Å². The molecule has 1 saturated heterocycles. The lowest BCUT2D eigenvalue weighted by atomic mass is 9.68. The maximum Gasteiger partial charge on any atom is 0.0899 e. The Labute approximate surface area is 129 Å². The van der Waals surface area contributed by atoms with Gasteiger partial charge in [-0.1, -0.05) is 49.6 Å². The van der Waals surface area contributed by atoms with E-state index in [9.17, 15) is 5.21 Å². The Hall–Kier alpha value is -0.860. The molecule has 0 aromatic heterocycles. The zero-order chi connectivity index (χ0) is 14.8. The van der Waals surface area contributed by atoms with Crippen LogP contribution in [-0.4, -0.2) is 23.8 Å². The van der Waals surface area contributed by atoms with E-state index in [0.29, 0.717) is 5.41 Å². The highest BCUT2D eigenvalue weighted by Gasteiger charge is 2.41. The predicted octanol–water partition coefficient (Wildman–Crippen LogP) is 4.68. The zero-order valence-electron chi connectivity index (χ0n) is 13.4. The van der Waals surface area contributed by atoms with Gasteiger partial charge in [-0.25, -0.2) is 0 Å². The number of nitrogens with zero attached hydrogens (tertiary/aromatic N) is 1. The fourth-order valence-electron chi connectivity index (χ4n) is 4.45. The smallest absolute Gasteiger partial charge is 0.0899 e. The number of quaternary nitrogens is 1. The topological polar surface area (TPSA) is 23.1 Å². The van der Waals surface area contributed by atoms with Crippen LogP contribution in [0.5, 0.6) is 0 Å². The molecule has 2 nitrogen and oxygen atoms in total. The van der Waals surface area contributed by atoms with E-state index in [-0.39, 0.29) is 10.7 Å². The molecule has 1 aliphatic heterocycles. The summed E-state index contributed by atoms with van der Waals surface area (Å²) in [4.78, 5) is 0. The number of rotatable bonds is 3. The van der Waals surface area contributed by atoms with Crippen molar-refractivity contribution in [3.63, 3.8) is 0 Å². The number of likely N-dealkylation sites (tertiary alicyclic amines) is 1. The number of benzene rings is 1. The van der Waals surface area contributed by atoms with E-state index >= 15 is 0 Å². The highest BCUT2D eigenvalue weighted by molar-refractivity contribution is 5.15. The Morgan fingerprint density at radius 1 is 1.00 bits per heavy atom. The third-order valence-corrected chi connectivity index (χ3v) is 6.13. The van der Waals surface area contributed by atoms with Crippen LogP contribution in [0.25, 0.3) is 0 Å². The molecular formula is C19H29NO. The van der Waals surface area contributed by atoms with E-state index in [2.05, 4.69) is 31.2 Å². The fraction of sp³-hybridized carbons (Fsp3) is 0.684. The van der Waals surface area contributed by atoms with Gasteiger partial charge < -0.3 is 9.85 Å². The minimum atomic E-state index is 0.0383. The zero-order valence-corrected chi connectivity index (χ0v) is 13.4. The molecule has 1 aliphatic carbocycles. The number of hydrogen-bond donors (Lipinski definition) is 0. The SMILES string of the molecule is C[C@@H](Cc1ccccc1)[N+]1([O-])CCC2(CCCCC2)CC1. The van der Waals surface area contributed by atoms with Crippen molar-refractivity contribution in [2.45, 2.75) is 64.3 Å². The molecule has 1 atom stereocenters. The Morgan fingerprint density at radius 2 is 1.62 bits per heavy atom. The minimum Gasteiger partial charge on any atom is -0.633 e. The second-order valence-electron chi connectivity index (χ2n) is 7.50. The van der Waals surface area contributed by atoms with E-state index in [0.717, 1.165) is 32.4 Å². The molecule has 0 unspecified atom stereocenters. The molecule has 1 aromatic rings. The monoisotopic (exact) mass is 287 g/mol. The molecule has 0 bridgehead atoms. The van der Waals surface area contributed by atoms with Crippen molar-refractivity contribution in [1.29, 1.82) is 0 Å². The summed E-state index contributed by atoms with van der Waals surface area (Å²) < 4.78 is 0.0383. The molecule has 0 N–H and O–H groups in total.